The Morgan fingerprint density at radius 1 is 1.32 bits per heavy atom. The van der Waals surface area contributed by atoms with Gasteiger partial charge in [-0.05, 0) is 6.42 Å². The number of hydrogen-bond donors (Lipinski definition) is 1. The maximum absolute atomic E-state index is 9.72. The molecule has 3 heterocycles. The van der Waals surface area contributed by atoms with Gasteiger partial charge in [-0.3, -0.25) is 4.99 Å². The van der Waals surface area contributed by atoms with Crippen LogP contribution in [0.4, 0.5) is 5.82 Å². The maximum atomic E-state index is 9.72. The van der Waals surface area contributed by atoms with Crippen molar-refractivity contribution < 1.29 is 5.11 Å². The Morgan fingerprint density at radius 2 is 2.11 bits per heavy atom. The molecule has 0 aliphatic carbocycles. The molecule has 1 saturated heterocycles. The number of aromatic nitrogens is 2. The van der Waals surface area contributed by atoms with Gasteiger partial charge in [0.1, 0.15) is 11.6 Å². The second-order valence-corrected chi connectivity index (χ2v) is 6.34. The number of aliphatic hydroxyl groups excluding tert-OH is 1. The first kappa shape index (κ1) is 12.5. The highest BCUT2D eigenvalue weighted by Gasteiger charge is 2.29. The minimum Gasteiger partial charge on any atom is -0.391 e. The Kier molecular flexibility index (Phi) is 2.82. The number of anilines is 1. The first-order valence-electron chi connectivity index (χ1n) is 6.79. The SMILES string of the molecule is CC(C)(C)c1nc2c(c(N3CC[C@H](O)C3)n1)C=NC2. The van der Waals surface area contributed by atoms with Crippen LogP contribution in [0.15, 0.2) is 4.99 Å². The summed E-state index contributed by atoms with van der Waals surface area (Å²) in [6.07, 6.45) is 2.42. The van der Waals surface area contributed by atoms with E-state index in [0.717, 1.165) is 35.9 Å². The second-order valence-electron chi connectivity index (χ2n) is 6.34. The summed E-state index contributed by atoms with van der Waals surface area (Å²) in [6, 6.07) is 0. The van der Waals surface area contributed by atoms with Gasteiger partial charge in [-0.2, -0.15) is 0 Å². The minimum absolute atomic E-state index is 0.0787. The van der Waals surface area contributed by atoms with Crippen molar-refractivity contribution in [2.45, 2.75) is 45.3 Å². The summed E-state index contributed by atoms with van der Waals surface area (Å²) < 4.78 is 0. The fraction of sp³-hybridized carbons (Fsp3) is 0.643. The van der Waals surface area contributed by atoms with Crippen LogP contribution in [0.3, 0.4) is 0 Å². The number of fused-ring (bicyclic) bond motifs is 1. The van der Waals surface area contributed by atoms with E-state index in [4.69, 9.17) is 4.98 Å². The van der Waals surface area contributed by atoms with Gasteiger partial charge < -0.3 is 10.0 Å². The molecule has 0 unspecified atom stereocenters. The first-order chi connectivity index (χ1) is 8.95. The van der Waals surface area contributed by atoms with Crippen LogP contribution < -0.4 is 4.90 Å². The Bertz CT molecular complexity index is 533. The van der Waals surface area contributed by atoms with E-state index in [1.54, 1.807) is 0 Å². The normalized spacial score (nSPS) is 22.1. The first-order valence-corrected chi connectivity index (χ1v) is 6.79. The third-order valence-electron chi connectivity index (χ3n) is 3.60. The molecule has 0 saturated carbocycles. The molecule has 0 spiro atoms. The summed E-state index contributed by atoms with van der Waals surface area (Å²) in [5.74, 6) is 1.79. The molecule has 1 fully saturated rings. The van der Waals surface area contributed by atoms with Gasteiger partial charge in [0.05, 0.1) is 23.9 Å². The highest BCUT2D eigenvalue weighted by molar-refractivity contribution is 5.90. The van der Waals surface area contributed by atoms with E-state index in [1.165, 1.54) is 0 Å². The highest BCUT2D eigenvalue weighted by Crippen LogP contribution is 2.29. The monoisotopic (exact) mass is 260 g/mol. The molecule has 1 N–H and O–H groups in total. The molecule has 1 atom stereocenters. The van der Waals surface area contributed by atoms with Crippen molar-refractivity contribution in [3.05, 3.63) is 17.1 Å². The fourth-order valence-corrected chi connectivity index (χ4v) is 2.49. The van der Waals surface area contributed by atoms with E-state index < -0.39 is 0 Å². The second kappa shape index (κ2) is 4.27. The summed E-state index contributed by atoms with van der Waals surface area (Å²) in [4.78, 5) is 15.9. The van der Waals surface area contributed by atoms with Crippen molar-refractivity contribution >= 4 is 12.0 Å². The maximum Gasteiger partial charge on any atom is 0.141 e. The number of rotatable bonds is 1. The van der Waals surface area contributed by atoms with Gasteiger partial charge in [-0.25, -0.2) is 9.97 Å². The largest absolute Gasteiger partial charge is 0.391 e. The van der Waals surface area contributed by atoms with E-state index in [0.29, 0.717) is 13.1 Å². The summed E-state index contributed by atoms with van der Waals surface area (Å²) in [5, 5.41) is 9.72. The lowest BCUT2D eigenvalue weighted by Gasteiger charge is -2.23. The standard InChI is InChI=1S/C14H20N4O/c1-14(2,3)13-16-11-7-15-6-10(11)12(17-13)18-5-4-9(19)8-18/h6,9,19H,4-5,7-8H2,1-3H3/t9-/m0/s1. The highest BCUT2D eigenvalue weighted by atomic mass is 16.3. The lowest BCUT2D eigenvalue weighted by molar-refractivity contribution is 0.198. The van der Waals surface area contributed by atoms with Crippen molar-refractivity contribution in [2.75, 3.05) is 18.0 Å². The van der Waals surface area contributed by atoms with Crippen LogP contribution in [0.1, 0.15) is 44.3 Å². The fourth-order valence-electron chi connectivity index (χ4n) is 2.49. The van der Waals surface area contributed by atoms with E-state index in [-0.39, 0.29) is 11.5 Å². The number of aliphatic hydroxyl groups is 1. The summed E-state index contributed by atoms with van der Waals surface area (Å²) >= 11 is 0. The van der Waals surface area contributed by atoms with Crippen molar-refractivity contribution in [2.24, 2.45) is 4.99 Å². The van der Waals surface area contributed by atoms with Crippen molar-refractivity contribution in [1.29, 1.82) is 0 Å². The number of hydrogen-bond acceptors (Lipinski definition) is 5. The molecule has 5 heteroatoms. The van der Waals surface area contributed by atoms with Crippen LogP contribution in [0.25, 0.3) is 0 Å². The molecule has 0 bridgehead atoms. The summed E-state index contributed by atoms with van der Waals surface area (Å²) in [6.45, 7) is 8.50. The van der Waals surface area contributed by atoms with Gasteiger partial charge in [0.25, 0.3) is 0 Å². The van der Waals surface area contributed by atoms with Gasteiger partial charge in [0.2, 0.25) is 0 Å². The minimum atomic E-state index is -0.248. The predicted molar refractivity (Wildman–Crippen MR) is 74.9 cm³/mol. The third-order valence-corrected chi connectivity index (χ3v) is 3.60. The van der Waals surface area contributed by atoms with E-state index in [1.807, 2.05) is 6.21 Å². The molecule has 0 radical (unpaired) electrons. The van der Waals surface area contributed by atoms with Crippen LogP contribution in [0.2, 0.25) is 0 Å². The molecular formula is C14H20N4O. The van der Waals surface area contributed by atoms with Gasteiger partial charge in [-0.15, -0.1) is 0 Å². The Balaban J connectivity index is 2.07. The molecular weight excluding hydrogens is 240 g/mol. The number of β-amino-alcohol motifs (C(OH)–C–C–N with tert-alkyl or cyclic N) is 1. The van der Waals surface area contributed by atoms with Crippen LogP contribution in [-0.2, 0) is 12.0 Å². The van der Waals surface area contributed by atoms with E-state index >= 15 is 0 Å². The van der Waals surface area contributed by atoms with Gasteiger partial charge >= 0.3 is 0 Å². The number of nitrogens with zero attached hydrogens (tertiary/aromatic N) is 4. The van der Waals surface area contributed by atoms with Crippen LogP contribution >= 0.6 is 0 Å². The van der Waals surface area contributed by atoms with Crippen molar-refractivity contribution in [3.8, 4) is 0 Å². The summed E-state index contributed by atoms with van der Waals surface area (Å²) in [5.41, 5.74) is 1.96. The van der Waals surface area contributed by atoms with Gasteiger partial charge in [0.15, 0.2) is 0 Å². The van der Waals surface area contributed by atoms with Crippen LogP contribution in [0.5, 0.6) is 0 Å². The average molecular weight is 260 g/mol. The quantitative estimate of drug-likeness (QED) is 0.826. The Morgan fingerprint density at radius 3 is 2.74 bits per heavy atom. The lowest BCUT2D eigenvalue weighted by atomic mass is 9.95. The predicted octanol–water partition coefficient (Wildman–Crippen LogP) is 1.28. The summed E-state index contributed by atoms with van der Waals surface area (Å²) in [7, 11) is 0. The zero-order chi connectivity index (χ0) is 13.6. The Hall–Kier alpha value is -1.49. The van der Waals surface area contributed by atoms with Gasteiger partial charge in [-0.1, -0.05) is 20.8 Å². The molecule has 5 nitrogen and oxygen atoms in total. The third kappa shape index (κ3) is 2.23. The van der Waals surface area contributed by atoms with Gasteiger partial charge in [0, 0.05) is 24.7 Å². The lowest BCUT2D eigenvalue weighted by Crippen LogP contribution is -2.27. The van der Waals surface area contributed by atoms with Crippen LogP contribution in [-0.4, -0.2) is 40.5 Å². The van der Waals surface area contributed by atoms with Crippen molar-refractivity contribution in [3.63, 3.8) is 0 Å². The zero-order valence-electron chi connectivity index (χ0n) is 11.7. The smallest absolute Gasteiger partial charge is 0.141 e. The Labute approximate surface area is 113 Å². The zero-order valence-corrected chi connectivity index (χ0v) is 11.7. The average Bonchev–Trinajstić information content (AvgIpc) is 2.94. The molecule has 3 rings (SSSR count). The van der Waals surface area contributed by atoms with E-state index in [9.17, 15) is 5.11 Å². The molecule has 1 aromatic rings. The molecule has 2 aliphatic rings. The molecule has 19 heavy (non-hydrogen) atoms. The van der Waals surface area contributed by atoms with Crippen LogP contribution in [0, 0.1) is 0 Å². The molecule has 2 aliphatic heterocycles. The van der Waals surface area contributed by atoms with Crippen molar-refractivity contribution in [1.82, 2.24) is 9.97 Å². The molecule has 102 valence electrons. The van der Waals surface area contributed by atoms with E-state index in [2.05, 4.69) is 35.6 Å². The molecule has 0 amide bonds. The molecule has 1 aromatic heterocycles. The molecule has 0 aromatic carbocycles. The topological polar surface area (TPSA) is 61.6 Å². The number of aliphatic imine (C=N–C) groups is 1.